The maximum absolute atomic E-state index is 12.2. The third-order valence-corrected chi connectivity index (χ3v) is 5.49. The van der Waals surface area contributed by atoms with Crippen LogP contribution in [0, 0.1) is 4.91 Å². The Hall–Kier alpha value is -1.27. The molecule has 2 fully saturated rings. The van der Waals surface area contributed by atoms with Crippen molar-refractivity contribution in [3.8, 4) is 0 Å². The zero-order valence-electron chi connectivity index (χ0n) is 9.11. The quantitative estimate of drug-likeness (QED) is 0.610. The summed E-state index contributed by atoms with van der Waals surface area (Å²) in [7, 11) is -3.36. The fourth-order valence-electron chi connectivity index (χ4n) is 2.64. The van der Waals surface area contributed by atoms with E-state index in [1.54, 1.807) is 4.31 Å². The molecule has 0 aromatic heterocycles. The Morgan fingerprint density at radius 1 is 1.12 bits per heavy atom. The third kappa shape index (κ3) is 1.59. The fourth-order valence-corrected chi connectivity index (χ4v) is 4.52. The summed E-state index contributed by atoms with van der Waals surface area (Å²) in [5.74, 6) is 0. The van der Waals surface area contributed by atoms with Gasteiger partial charge in [0.05, 0.1) is 4.90 Å². The average molecular weight is 252 g/mol. The summed E-state index contributed by atoms with van der Waals surface area (Å²) in [5, 5.41) is 2.75. The Morgan fingerprint density at radius 2 is 1.71 bits per heavy atom. The minimum absolute atomic E-state index is 0.212. The van der Waals surface area contributed by atoms with Gasteiger partial charge in [0.2, 0.25) is 10.0 Å². The molecule has 2 aliphatic rings. The highest BCUT2D eigenvalue weighted by Gasteiger charge is 2.57. The molecule has 1 aliphatic carbocycles. The van der Waals surface area contributed by atoms with E-state index in [-0.39, 0.29) is 22.7 Å². The van der Waals surface area contributed by atoms with E-state index >= 15 is 0 Å². The number of nitroso groups, excluding NO2 is 1. The molecule has 0 bridgehead atoms. The molecule has 90 valence electrons. The first-order chi connectivity index (χ1) is 8.14. The Kier molecular flexibility index (Phi) is 2.31. The van der Waals surface area contributed by atoms with Crippen LogP contribution in [-0.4, -0.2) is 24.8 Å². The molecule has 2 unspecified atom stereocenters. The van der Waals surface area contributed by atoms with Gasteiger partial charge in [0.15, 0.2) is 0 Å². The molecule has 6 heteroatoms. The van der Waals surface area contributed by atoms with Crippen molar-refractivity contribution in [3.63, 3.8) is 0 Å². The van der Waals surface area contributed by atoms with E-state index in [4.69, 9.17) is 0 Å². The normalized spacial score (nSPS) is 30.9. The van der Waals surface area contributed by atoms with Crippen molar-refractivity contribution in [3.05, 3.63) is 29.2 Å². The molecule has 1 saturated carbocycles. The lowest BCUT2D eigenvalue weighted by molar-refractivity contribution is 0.517. The van der Waals surface area contributed by atoms with Crippen LogP contribution in [0.25, 0.3) is 0 Å². The SMILES string of the molecule is O=Nc1ccc(S(=O)(=O)N2C3CCCC32)cc1. The highest BCUT2D eigenvalue weighted by atomic mass is 32.2. The van der Waals surface area contributed by atoms with Gasteiger partial charge in [-0.1, -0.05) is 6.42 Å². The molecule has 5 nitrogen and oxygen atoms in total. The van der Waals surface area contributed by atoms with Gasteiger partial charge in [-0.2, -0.15) is 4.31 Å². The van der Waals surface area contributed by atoms with E-state index in [0.29, 0.717) is 0 Å². The van der Waals surface area contributed by atoms with E-state index in [2.05, 4.69) is 5.18 Å². The Morgan fingerprint density at radius 3 is 2.24 bits per heavy atom. The predicted octanol–water partition coefficient (Wildman–Crippen LogP) is 2.01. The van der Waals surface area contributed by atoms with E-state index in [1.165, 1.54) is 24.3 Å². The zero-order valence-corrected chi connectivity index (χ0v) is 9.93. The number of piperidine rings is 1. The first kappa shape index (κ1) is 10.9. The van der Waals surface area contributed by atoms with E-state index in [9.17, 15) is 13.3 Å². The first-order valence-electron chi connectivity index (χ1n) is 5.61. The van der Waals surface area contributed by atoms with Crippen molar-refractivity contribution in [1.29, 1.82) is 0 Å². The maximum atomic E-state index is 12.2. The number of hydrogen-bond donors (Lipinski definition) is 0. The van der Waals surface area contributed by atoms with Crippen LogP contribution < -0.4 is 0 Å². The number of benzene rings is 1. The molecule has 1 aromatic carbocycles. The van der Waals surface area contributed by atoms with Crippen molar-refractivity contribution < 1.29 is 8.42 Å². The lowest BCUT2D eigenvalue weighted by atomic mass is 10.3. The monoisotopic (exact) mass is 252 g/mol. The summed E-state index contributed by atoms with van der Waals surface area (Å²) in [6, 6.07) is 6.17. The Balaban J connectivity index is 1.90. The van der Waals surface area contributed by atoms with Crippen LogP contribution in [0.2, 0.25) is 0 Å². The molecule has 0 N–H and O–H groups in total. The van der Waals surface area contributed by atoms with Gasteiger partial charge in [0.1, 0.15) is 5.69 Å². The van der Waals surface area contributed by atoms with Crippen LogP contribution in [-0.2, 0) is 10.0 Å². The van der Waals surface area contributed by atoms with Crippen LogP contribution in [0.3, 0.4) is 0 Å². The van der Waals surface area contributed by atoms with Crippen LogP contribution in [0.5, 0.6) is 0 Å². The molecule has 0 radical (unpaired) electrons. The van der Waals surface area contributed by atoms with Gasteiger partial charge < -0.3 is 0 Å². The summed E-state index contributed by atoms with van der Waals surface area (Å²) in [6.45, 7) is 0. The number of nitrogens with zero attached hydrogens (tertiary/aromatic N) is 2. The predicted molar refractivity (Wildman–Crippen MR) is 62.3 cm³/mol. The molecule has 17 heavy (non-hydrogen) atoms. The van der Waals surface area contributed by atoms with Crippen molar-refractivity contribution >= 4 is 15.7 Å². The lowest BCUT2D eigenvalue weighted by Crippen LogP contribution is -2.17. The first-order valence-corrected chi connectivity index (χ1v) is 7.05. The molecule has 0 spiro atoms. The molecule has 1 aliphatic heterocycles. The molecule has 3 rings (SSSR count). The molecule has 1 heterocycles. The molecule has 1 saturated heterocycles. The number of sulfonamides is 1. The zero-order chi connectivity index (χ0) is 12.0. The largest absolute Gasteiger partial charge is 0.243 e. The van der Waals surface area contributed by atoms with Gasteiger partial charge in [-0.15, -0.1) is 4.91 Å². The molecular weight excluding hydrogens is 240 g/mol. The Bertz CT molecular complexity index is 543. The molecule has 0 amide bonds. The van der Waals surface area contributed by atoms with Crippen LogP contribution >= 0.6 is 0 Å². The summed E-state index contributed by atoms with van der Waals surface area (Å²) >= 11 is 0. The topological polar surface area (TPSA) is 66.6 Å². The molecular formula is C11H12N2O3S. The summed E-state index contributed by atoms with van der Waals surface area (Å²) in [5.41, 5.74) is 0.245. The van der Waals surface area contributed by atoms with Gasteiger partial charge >= 0.3 is 0 Å². The second-order valence-electron chi connectivity index (χ2n) is 4.49. The number of fused-ring (bicyclic) bond motifs is 1. The smallest absolute Gasteiger partial charge is 0.207 e. The minimum Gasteiger partial charge on any atom is -0.207 e. The van der Waals surface area contributed by atoms with Crippen LogP contribution in [0.15, 0.2) is 34.3 Å². The minimum atomic E-state index is -3.36. The van der Waals surface area contributed by atoms with Gasteiger partial charge in [-0.25, -0.2) is 8.42 Å². The number of rotatable bonds is 3. The van der Waals surface area contributed by atoms with Crippen molar-refractivity contribution in [2.24, 2.45) is 5.18 Å². The van der Waals surface area contributed by atoms with Crippen molar-refractivity contribution in [2.75, 3.05) is 0 Å². The summed E-state index contributed by atoms with van der Waals surface area (Å²) in [6.07, 6.45) is 3.06. The highest BCUT2D eigenvalue weighted by molar-refractivity contribution is 7.89. The van der Waals surface area contributed by atoms with E-state index in [0.717, 1.165) is 19.3 Å². The van der Waals surface area contributed by atoms with E-state index < -0.39 is 10.0 Å². The van der Waals surface area contributed by atoms with Gasteiger partial charge in [0.25, 0.3) is 0 Å². The fraction of sp³-hybridized carbons (Fsp3) is 0.455. The Labute approximate surface area is 99.5 Å². The van der Waals surface area contributed by atoms with Gasteiger partial charge in [-0.05, 0) is 42.3 Å². The molecule has 1 aromatic rings. The second kappa shape index (κ2) is 3.61. The summed E-state index contributed by atoms with van der Waals surface area (Å²) in [4.78, 5) is 10.5. The van der Waals surface area contributed by atoms with Gasteiger partial charge in [-0.3, -0.25) is 0 Å². The second-order valence-corrected chi connectivity index (χ2v) is 6.33. The third-order valence-electron chi connectivity index (χ3n) is 3.53. The lowest BCUT2D eigenvalue weighted by Gasteiger charge is -2.08. The van der Waals surface area contributed by atoms with E-state index in [1.807, 2.05) is 0 Å². The van der Waals surface area contributed by atoms with Crippen molar-refractivity contribution in [1.82, 2.24) is 4.31 Å². The molecule has 2 atom stereocenters. The maximum Gasteiger partial charge on any atom is 0.243 e. The van der Waals surface area contributed by atoms with Crippen molar-refractivity contribution in [2.45, 2.75) is 36.2 Å². The van der Waals surface area contributed by atoms with Crippen LogP contribution in [0.4, 0.5) is 5.69 Å². The average Bonchev–Trinajstić information content (AvgIpc) is 2.86. The standard InChI is InChI=1S/C11H12N2O3S/c14-12-8-4-6-9(7-5-8)17(15,16)13-10-2-1-3-11(10)13/h4-7,10-11H,1-3H2. The highest BCUT2D eigenvalue weighted by Crippen LogP contribution is 2.46. The van der Waals surface area contributed by atoms with Gasteiger partial charge in [0, 0.05) is 12.1 Å². The number of hydrogen-bond acceptors (Lipinski definition) is 4. The summed E-state index contributed by atoms with van der Waals surface area (Å²) < 4.78 is 26.0. The van der Waals surface area contributed by atoms with Crippen LogP contribution in [0.1, 0.15) is 19.3 Å².